The summed E-state index contributed by atoms with van der Waals surface area (Å²) in [5, 5.41) is 0. The Morgan fingerprint density at radius 1 is 1.13 bits per heavy atom. The monoisotopic (exact) mass is 238 g/mol. The topological polar surface area (TPSA) is 102 Å². The van der Waals surface area contributed by atoms with Gasteiger partial charge in [-0.25, -0.2) is 0 Å². The highest BCUT2D eigenvalue weighted by atomic mass is 31.1. The summed E-state index contributed by atoms with van der Waals surface area (Å²) in [6.07, 6.45) is 1.83. The molecule has 0 bridgehead atoms. The quantitative estimate of drug-likeness (QED) is 0.450. The van der Waals surface area contributed by atoms with Crippen LogP contribution in [0.4, 0.5) is 0 Å². The molecule has 0 fully saturated rings. The molecule has 1 atom stereocenters. The summed E-state index contributed by atoms with van der Waals surface area (Å²) in [6, 6.07) is 0. The second-order valence-electron chi connectivity index (χ2n) is 3.20. The molecule has 90 valence electrons. The van der Waals surface area contributed by atoms with Crippen molar-refractivity contribution in [3.05, 3.63) is 0 Å². The van der Waals surface area contributed by atoms with Crippen molar-refractivity contribution in [3.63, 3.8) is 0 Å². The number of nitrogens with two attached hydrogens (primary N) is 2. The molecule has 0 aliphatic carbocycles. The highest BCUT2D eigenvalue weighted by Crippen LogP contribution is 2.13. The normalized spacial score (nSPS) is 12.1. The Morgan fingerprint density at radius 3 is 2.07 bits per heavy atom. The molecule has 0 saturated heterocycles. The van der Waals surface area contributed by atoms with Gasteiger partial charge in [-0.2, -0.15) is 0 Å². The summed E-state index contributed by atoms with van der Waals surface area (Å²) < 4.78 is 14.9. The SMILES string of the molecule is NCCCN(CCCN)CCO[P+](=O)O. The number of nitrogens with zero attached hydrogens (tertiary/aromatic N) is 1. The molecule has 5 N–H and O–H groups in total. The van der Waals surface area contributed by atoms with Crippen molar-refractivity contribution < 1.29 is 14.0 Å². The first-order chi connectivity index (χ1) is 7.20. The van der Waals surface area contributed by atoms with E-state index in [1.165, 1.54) is 0 Å². The summed E-state index contributed by atoms with van der Waals surface area (Å²) in [5.74, 6) is 0. The van der Waals surface area contributed by atoms with Crippen molar-refractivity contribution in [3.8, 4) is 0 Å². The van der Waals surface area contributed by atoms with E-state index in [1.807, 2.05) is 0 Å². The molecule has 0 aromatic carbocycles. The standard InChI is InChI=1S/C8H20N3O3P/c9-3-1-5-11(6-2-4-10)7-8-14-15(12)13/h1-10H2/p+1. The Kier molecular flexibility index (Phi) is 10.3. The summed E-state index contributed by atoms with van der Waals surface area (Å²) in [4.78, 5) is 10.6. The molecule has 0 amide bonds. The lowest BCUT2D eigenvalue weighted by molar-refractivity contribution is 0.199. The molecule has 0 heterocycles. The van der Waals surface area contributed by atoms with Gasteiger partial charge < -0.3 is 16.4 Å². The molecule has 7 heteroatoms. The van der Waals surface area contributed by atoms with Gasteiger partial charge in [0.25, 0.3) is 0 Å². The highest BCUT2D eigenvalue weighted by molar-refractivity contribution is 7.32. The zero-order valence-corrected chi connectivity index (χ0v) is 9.86. The molecule has 0 aliphatic rings. The van der Waals surface area contributed by atoms with Crippen LogP contribution in [0, 0.1) is 0 Å². The van der Waals surface area contributed by atoms with Gasteiger partial charge in [0, 0.05) is 11.1 Å². The predicted molar refractivity (Wildman–Crippen MR) is 59.6 cm³/mol. The molecule has 15 heavy (non-hydrogen) atoms. The molecule has 0 aliphatic heterocycles. The molecule has 1 unspecified atom stereocenters. The maximum atomic E-state index is 10.3. The van der Waals surface area contributed by atoms with E-state index in [0.717, 1.165) is 25.9 Å². The first-order valence-corrected chi connectivity index (χ1v) is 6.25. The lowest BCUT2D eigenvalue weighted by atomic mass is 10.3. The van der Waals surface area contributed by atoms with Crippen molar-refractivity contribution in [2.75, 3.05) is 39.3 Å². The van der Waals surface area contributed by atoms with Gasteiger partial charge in [0.1, 0.15) is 6.61 Å². The van der Waals surface area contributed by atoms with Gasteiger partial charge in [0.15, 0.2) is 0 Å². The van der Waals surface area contributed by atoms with Crippen LogP contribution in [0.1, 0.15) is 12.8 Å². The average Bonchev–Trinajstić information content (AvgIpc) is 2.20. The first kappa shape index (κ1) is 14.9. The first-order valence-electron chi connectivity index (χ1n) is 5.12. The van der Waals surface area contributed by atoms with Gasteiger partial charge in [-0.05, 0) is 39.0 Å². The Morgan fingerprint density at radius 2 is 1.67 bits per heavy atom. The van der Waals surface area contributed by atoms with Crippen molar-refractivity contribution >= 4 is 8.25 Å². The number of rotatable bonds is 10. The van der Waals surface area contributed by atoms with Gasteiger partial charge >= 0.3 is 8.25 Å². The predicted octanol–water partition coefficient (Wildman–Crippen LogP) is -0.348. The fourth-order valence-electron chi connectivity index (χ4n) is 1.21. The zero-order valence-electron chi connectivity index (χ0n) is 8.97. The van der Waals surface area contributed by atoms with E-state index in [-0.39, 0.29) is 6.61 Å². The van der Waals surface area contributed by atoms with Crippen LogP contribution in [0.25, 0.3) is 0 Å². The third-order valence-electron chi connectivity index (χ3n) is 1.97. The van der Waals surface area contributed by atoms with E-state index < -0.39 is 8.25 Å². The van der Waals surface area contributed by atoms with Gasteiger partial charge in [-0.3, -0.25) is 0 Å². The van der Waals surface area contributed by atoms with Crippen LogP contribution >= 0.6 is 8.25 Å². The minimum absolute atomic E-state index is 0.265. The molecule has 0 rings (SSSR count). The maximum Gasteiger partial charge on any atom is 0.694 e. The molecular formula is C8H21N3O3P+. The van der Waals surface area contributed by atoms with E-state index in [2.05, 4.69) is 9.42 Å². The number of hydrogen-bond acceptors (Lipinski definition) is 5. The Balaban J connectivity index is 3.63. The lowest BCUT2D eigenvalue weighted by Crippen LogP contribution is -2.31. The smallest absolute Gasteiger partial charge is 0.330 e. The lowest BCUT2D eigenvalue weighted by Gasteiger charge is -2.20. The zero-order chi connectivity index (χ0) is 11.5. The van der Waals surface area contributed by atoms with Crippen LogP contribution in [0.5, 0.6) is 0 Å². The number of hydrogen-bond donors (Lipinski definition) is 3. The van der Waals surface area contributed by atoms with E-state index in [0.29, 0.717) is 19.6 Å². The van der Waals surface area contributed by atoms with Gasteiger partial charge in [-0.1, -0.05) is 0 Å². The minimum Gasteiger partial charge on any atom is -0.330 e. The van der Waals surface area contributed by atoms with Crippen LogP contribution in [0.3, 0.4) is 0 Å². The van der Waals surface area contributed by atoms with Crippen molar-refractivity contribution in [2.24, 2.45) is 11.5 Å². The van der Waals surface area contributed by atoms with E-state index in [9.17, 15) is 4.57 Å². The van der Waals surface area contributed by atoms with Crippen LogP contribution < -0.4 is 11.5 Å². The van der Waals surface area contributed by atoms with Crippen LogP contribution in [0.2, 0.25) is 0 Å². The summed E-state index contributed by atoms with van der Waals surface area (Å²) in [7, 11) is -2.48. The molecular weight excluding hydrogens is 217 g/mol. The summed E-state index contributed by atoms with van der Waals surface area (Å²) >= 11 is 0. The van der Waals surface area contributed by atoms with E-state index in [1.54, 1.807) is 0 Å². The van der Waals surface area contributed by atoms with Crippen molar-refractivity contribution in [1.82, 2.24) is 4.90 Å². The van der Waals surface area contributed by atoms with Gasteiger partial charge in [0.2, 0.25) is 0 Å². The molecule has 0 saturated carbocycles. The average molecular weight is 238 g/mol. The summed E-state index contributed by atoms with van der Waals surface area (Å²) in [6.45, 7) is 3.95. The second-order valence-corrected chi connectivity index (χ2v) is 3.93. The van der Waals surface area contributed by atoms with E-state index in [4.69, 9.17) is 16.4 Å². The fourth-order valence-corrected chi connectivity index (χ4v) is 1.45. The molecule has 0 aromatic heterocycles. The third-order valence-corrected chi connectivity index (χ3v) is 2.37. The molecule has 6 nitrogen and oxygen atoms in total. The Bertz CT molecular complexity index is 163. The van der Waals surface area contributed by atoms with Crippen LogP contribution in [-0.2, 0) is 9.09 Å². The molecule has 0 radical (unpaired) electrons. The highest BCUT2D eigenvalue weighted by Gasteiger charge is 2.12. The third kappa shape index (κ3) is 10.2. The van der Waals surface area contributed by atoms with E-state index >= 15 is 0 Å². The largest absolute Gasteiger partial charge is 0.694 e. The van der Waals surface area contributed by atoms with Crippen LogP contribution in [0.15, 0.2) is 0 Å². The Labute approximate surface area is 91.5 Å². The molecule has 0 spiro atoms. The minimum atomic E-state index is -2.48. The molecule has 0 aromatic rings. The summed E-state index contributed by atoms with van der Waals surface area (Å²) in [5.41, 5.74) is 10.8. The Hall–Kier alpha value is -0.100. The van der Waals surface area contributed by atoms with Gasteiger partial charge in [0.05, 0.1) is 0 Å². The van der Waals surface area contributed by atoms with Crippen molar-refractivity contribution in [2.45, 2.75) is 12.8 Å². The second kappa shape index (κ2) is 10.4. The van der Waals surface area contributed by atoms with Gasteiger partial charge in [-0.15, -0.1) is 9.42 Å². The van der Waals surface area contributed by atoms with Crippen molar-refractivity contribution in [1.29, 1.82) is 0 Å². The van der Waals surface area contributed by atoms with Crippen LogP contribution in [-0.4, -0.2) is 49.1 Å². The fraction of sp³-hybridized carbons (Fsp3) is 1.00. The maximum absolute atomic E-state index is 10.3.